The monoisotopic (exact) mass is 319 g/mol. The summed E-state index contributed by atoms with van der Waals surface area (Å²) in [6, 6.07) is 30.8. The average Bonchev–Trinajstić information content (AvgIpc) is 2.93. The van der Waals surface area contributed by atoms with E-state index < -0.39 is 0 Å². The molecule has 1 heteroatoms. The van der Waals surface area contributed by atoms with E-state index in [1.165, 1.54) is 0 Å². The van der Waals surface area contributed by atoms with E-state index in [-0.39, 0.29) is 0 Å². The van der Waals surface area contributed by atoms with Crippen LogP contribution in [0.1, 0.15) is 16.7 Å². The van der Waals surface area contributed by atoms with Gasteiger partial charge in [-0.25, -0.2) is 4.99 Å². The van der Waals surface area contributed by atoms with Crippen molar-refractivity contribution in [2.24, 2.45) is 4.99 Å². The Hall–Kier alpha value is -3.41. The molecule has 0 spiro atoms. The van der Waals surface area contributed by atoms with E-state index >= 15 is 0 Å². The van der Waals surface area contributed by atoms with E-state index in [9.17, 15) is 0 Å². The van der Waals surface area contributed by atoms with Crippen LogP contribution in [-0.2, 0) is 0 Å². The summed E-state index contributed by atoms with van der Waals surface area (Å²) in [5.41, 5.74) is 9.60. The molecule has 0 N–H and O–H groups in total. The van der Waals surface area contributed by atoms with Gasteiger partial charge in [0.25, 0.3) is 0 Å². The summed E-state index contributed by atoms with van der Waals surface area (Å²) >= 11 is 0. The Bertz CT molecular complexity index is 988. The molecule has 1 nitrogen and oxygen atoms in total. The molecule has 0 unspecified atom stereocenters. The molecule has 0 aromatic heterocycles. The van der Waals surface area contributed by atoms with Crippen molar-refractivity contribution in [2.75, 3.05) is 0 Å². The first kappa shape index (κ1) is 15.1. The molecule has 0 aliphatic carbocycles. The SMILES string of the molecule is C1=CC(c2ccccc2)=CC(c2ccccc2)=NC=1c1ccccc1. The highest BCUT2D eigenvalue weighted by molar-refractivity contribution is 6.15. The van der Waals surface area contributed by atoms with Crippen molar-refractivity contribution >= 4 is 17.0 Å². The van der Waals surface area contributed by atoms with Gasteiger partial charge in [-0.3, -0.25) is 0 Å². The van der Waals surface area contributed by atoms with Crippen molar-refractivity contribution in [3.63, 3.8) is 0 Å². The van der Waals surface area contributed by atoms with Gasteiger partial charge >= 0.3 is 0 Å². The summed E-state index contributed by atoms with van der Waals surface area (Å²) in [4.78, 5) is 4.91. The number of nitrogens with zero attached hydrogens (tertiary/aromatic N) is 1. The Kier molecular flexibility index (Phi) is 4.24. The second-order valence-electron chi connectivity index (χ2n) is 5.83. The zero-order valence-electron chi connectivity index (χ0n) is 13.8. The molecule has 0 radical (unpaired) electrons. The Labute approximate surface area is 148 Å². The van der Waals surface area contributed by atoms with Crippen molar-refractivity contribution < 1.29 is 0 Å². The highest BCUT2D eigenvalue weighted by Gasteiger charge is 2.09. The molecule has 118 valence electrons. The number of benzene rings is 3. The van der Waals surface area contributed by atoms with E-state index in [2.05, 4.69) is 60.3 Å². The summed E-state index contributed by atoms with van der Waals surface area (Å²) in [5, 5.41) is 0. The Morgan fingerprint density at radius 1 is 0.560 bits per heavy atom. The van der Waals surface area contributed by atoms with Gasteiger partial charge in [-0.2, -0.15) is 0 Å². The smallest absolute Gasteiger partial charge is 0.113 e. The minimum Gasteiger partial charge on any atom is -0.239 e. The Morgan fingerprint density at radius 2 is 1.08 bits per heavy atom. The minimum atomic E-state index is 0.849. The van der Waals surface area contributed by atoms with E-state index in [0.29, 0.717) is 0 Å². The summed E-state index contributed by atoms with van der Waals surface area (Å²) in [6.07, 6.45) is 4.16. The third kappa shape index (κ3) is 3.42. The topological polar surface area (TPSA) is 12.4 Å². The van der Waals surface area contributed by atoms with Crippen molar-refractivity contribution in [1.82, 2.24) is 0 Å². The van der Waals surface area contributed by atoms with Crippen LogP contribution in [0.15, 0.2) is 114 Å². The van der Waals surface area contributed by atoms with E-state index in [0.717, 1.165) is 33.7 Å². The van der Waals surface area contributed by atoms with Crippen molar-refractivity contribution in [2.45, 2.75) is 0 Å². The van der Waals surface area contributed by atoms with Gasteiger partial charge in [-0.05, 0) is 23.3 Å². The van der Waals surface area contributed by atoms with Gasteiger partial charge < -0.3 is 0 Å². The van der Waals surface area contributed by atoms with Gasteiger partial charge in [-0.1, -0.05) is 96.7 Å². The maximum Gasteiger partial charge on any atom is 0.113 e. The van der Waals surface area contributed by atoms with Crippen LogP contribution >= 0.6 is 0 Å². The van der Waals surface area contributed by atoms with Gasteiger partial charge in [-0.15, -0.1) is 0 Å². The second kappa shape index (κ2) is 7.00. The van der Waals surface area contributed by atoms with Gasteiger partial charge in [0.15, 0.2) is 0 Å². The predicted molar refractivity (Wildman–Crippen MR) is 105 cm³/mol. The summed E-state index contributed by atoms with van der Waals surface area (Å²) < 4.78 is 0. The molecule has 1 aliphatic heterocycles. The lowest BCUT2D eigenvalue weighted by atomic mass is 10.0. The lowest BCUT2D eigenvalue weighted by Gasteiger charge is -2.05. The molecule has 4 rings (SSSR count). The summed E-state index contributed by atoms with van der Waals surface area (Å²) in [7, 11) is 0. The van der Waals surface area contributed by atoms with Crippen LogP contribution in [0.5, 0.6) is 0 Å². The molecule has 0 amide bonds. The summed E-state index contributed by atoms with van der Waals surface area (Å²) in [5.74, 6) is 0. The van der Waals surface area contributed by atoms with Gasteiger partial charge in [0.05, 0.1) is 5.71 Å². The molecule has 0 saturated heterocycles. The first-order valence-electron chi connectivity index (χ1n) is 8.33. The molecule has 3 aromatic rings. The van der Waals surface area contributed by atoms with Crippen molar-refractivity contribution in [3.8, 4) is 0 Å². The van der Waals surface area contributed by atoms with Gasteiger partial charge in [0.2, 0.25) is 0 Å². The standard InChI is InChI=1S/C24H17N/c1-4-10-19(11-5-1)22-16-17-23(20-12-6-2-7-13-20)25-24(18-22)21-14-8-3-9-15-21/h1-16,18H. The zero-order chi connectivity index (χ0) is 16.9. The predicted octanol–water partition coefficient (Wildman–Crippen LogP) is 5.77. The average molecular weight is 319 g/mol. The molecule has 1 aliphatic rings. The third-order valence-electron chi connectivity index (χ3n) is 4.11. The number of hydrogen-bond donors (Lipinski definition) is 0. The fourth-order valence-corrected chi connectivity index (χ4v) is 2.82. The zero-order valence-corrected chi connectivity index (χ0v) is 13.8. The van der Waals surface area contributed by atoms with E-state index in [1.54, 1.807) is 0 Å². The molecular weight excluding hydrogens is 302 g/mol. The molecule has 3 aromatic carbocycles. The fourth-order valence-electron chi connectivity index (χ4n) is 2.82. The van der Waals surface area contributed by atoms with Gasteiger partial charge in [0, 0.05) is 11.1 Å². The molecule has 25 heavy (non-hydrogen) atoms. The van der Waals surface area contributed by atoms with Crippen LogP contribution in [0.25, 0.3) is 11.3 Å². The van der Waals surface area contributed by atoms with Crippen LogP contribution in [0.4, 0.5) is 0 Å². The number of allylic oxidation sites excluding steroid dienone is 3. The molecular formula is C24H17N. The lowest BCUT2D eigenvalue weighted by Crippen LogP contribution is -1.98. The highest BCUT2D eigenvalue weighted by Crippen LogP contribution is 2.24. The highest BCUT2D eigenvalue weighted by atomic mass is 14.8. The van der Waals surface area contributed by atoms with Gasteiger partial charge in [0.1, 0.15) is 5.70 Å². The van der Waals surface area contributed by atoms with Crippen LogP contribution in [0.2, 0.25) is 0 Å². The second-order valence-corrected chi connectivity index (χ2v) is 5.83. The number of rotatable bonds is 3. The van der Waals surface area contributed by atoms with Crippen molar-refractivity contribution in [1.29, 1.82) is 0 Å². The first-order valence-corrected chi connectivity index (χ1v) is 8.33. The van der Waals surface area contributed by atoms with Crippen LogP contribution in [-0.4, -0.2) is 5.71 Å². The fraction of sp³-hybridized carbons (Fsp3) is 0. The minimum absolute atomic E-state index is 0.849. The Balaban J connectivity index is 1.88. The van der Waals surface area contributed by atoms with Crippen LogP contribution in [0, 0.1) is 0 Å². The quantitative estimate of drug-likeness (QED) is 0.543. The molecule has 1 heterocycles. The largest absolute Gasteiger partial charge is 0.239 e. The van der Waals surface area contributed by atoms with Crippen LogP contribution < -0.4 is 0 Å². The normalized spacial score (nSPS) is 13.5. The summed E-state index contributed by atoms with van der Waals surface area (Å²) in [6.45, 7) is 0. The first-order chi connectivity index (χ1) is 12.4. The maximum absolute atomic E-state index is 4.91. The van der Waals surface area contributed by atoms with Crippen LogP contribution in [0.3, 0.4) is 0 Å². The maximum atomic E-state index is 4.91. The van der Waals surface area contributed by atoms with E-state index in [4.69, 9.17) is 4.99 Å². The third-order valence-corrected chi connectivity index (χ3v) is 4.11. The molecule has 0 bridgehead atoms. The number of aliphatic imine (C=N–C) groups is 1. The van der Waals surface area contributed by atoms with Crippen molar-refractivity contribution in [3.05, 3.63) is 126 Å². The molecule has 0 fully saturated rings. The molecule has 0 saturated carbocycles. The molecule has 0 atom stereocenters. The lowest BCUT2D eigenvalue weighted by molar-refractivity contribution is 1.50. The number of hydrogen-bond acceptors (Lipinski definition) is 1. The Morgan fingerprint density at radius 3 is 1.68 bits per heavy atom. The van der Waals surface area contributed by atoms with E-state index in [1.807, 2.05) is 48.5 Å².